The van der Waals surface area contributed by atoms with Crippen LogP contribution in [0.4, 0.5) is 4.39 Å². The van der Waals surface area contributed by atoms with E-state index >= 15 is 0 Å². The molecule has 0 saturated heterocycles. The van der Waals surface area contributed by atoms with Crippen LogP contribution in [0.2, 0.25) is 0 Å². The predicted molar refractivity (Wildman–Crippen MR) is 87.2 cm³/mol. The van der Waals surface area contributed by atoms with Gasteiger partial charge in [-0.05, 0) is 44.2 Å². The zero-order chi connectivity index (χ0) is 16.8. The summed E-state index contributed by atoms with van der Waals surface area (Å²) in [6, 6.07) is 7.30. The fourth-order valence-corrected chi connectivity index (χ4v) is 2.31. The van der Waals surface area contributed by atoms with Crippen molar-refractivity contribution in [1.82, 2.24) is 9.99 Å². The molecule has 0 bridgehead atoms. The molecule has 5 nitrogen and oxygen atoms in total. The Morgan fingerprint density at radius 1 is 1.35 bits per heavy atom. The zero-order valence-electron chi connectivity index (χ0n) is 13.5. The number of benzene rings is 1. The number of aromatic nitrogens is 1. The van der Waals surface area contributed by atoms with Gasteiger partial charge < -0.3 is 9.30 Å². The minimum atomic E-state index is -0.381. The highest BCUT2D eigenvalue weighted by Crippen LogP contribution is 2.13. The average Bonchev–Trinajstić information content (AvgIpc) is 2.80. The first-order valence-electron chi connectivity index (χ1n) is 7.27. The van der Waals surface area contributed by atoms with Gasteiger partial charge in [0.25, 0.3) is 5.91 Å². The van der Waals surface area contributed by atoms with Crippen molar-refractivity contribution in [3.63, 3.8) is 0 Å². The summed E-state index contributed by atoms with van der Waals surface area (Å²) in [5, 5.41) is 3.97. The molecule has 0 unspecified atom stereocenters. The van der Waals surface area contributed by atoms with Crippen molar-refractivity contribution in [2.75, 3.05) is 13.7 Å². The third-order valence-electron chi connectivity index (χ3n) is 3.61. The molecule has 1 aromatic carbocycles. The summed E-state index contributed by atoms with van der Waals surface area (Å²) in [6.45, 7) is 5.40. The fourth-order valence-electron chi connectivity index (χ4n) is 2.31. The largest absolute Gasteiger partial charge is 0.383 e. The van der Waals surface area contributed by atoms with E-state index in [1.807, 2.05) is 19.9 Å². The highest BCUT2D eigenvalue weighted by Gasteiger charge is 2.08. The van der Waals surface area contributed by atoms with Gasteiger partial charge in [0, 0.05) is 36.2 Å². The van der Waals surface area contributed by atoms with Crippen LogP contribution in [-0.4, -0.2) is 30.4 Å². The molecule has 0 fully saturated rings. The second kappa shape index (κ2) is 7.69. The van der Waals surface area contributed by atoms with E-state index in [4.69, 9.17) is 4.74 Å². The number of carbonyl (C=O) groups is 1. The lowest BCUT2D eigenvalue weighted by Crippen LogP contribution is -2.17. The zero-order valence-corrected chi connectivity index (χ0v) is 13.5. The van der Waals surface area contributed by atoms with Crippen LogP contribution in [0.25, 0.3) is 0 Å². The second-order valence-electron chi connectivity index (χ2n) is 5.18. The number of nitrogens with one attached hydrogen (secondary N) is 1. The van der Waals surface area contributed by atoms with Crippen LogP contribution in [0, 0.1) is 19.7 Å². The van der Waals surface area contributed by atoms with E-state index in [-0.39, 0.29) is 11.7 Å². The number of rotatable bonds is 6. The Bertz CT molecular complexity index is 705. The van der Waals surface area contributed by atoms with Crippen molar-refractivity contribution in [1.29, 1.82) is 0 Å². The Balaban J connectivity index is 2.03. The number of hydrogen-bond acceptors (Lipinski definition) is 3. The van der Waals surface area contributed by atoms with Crippen LogP contribution >= 0.6 is 0 Å². The molecular weight excluding hydrogens is 297 g/mol. The number of carbonyl (C=O) groups excluding carboxylic acids is 1. The van der Waals surface area contributed by atoms with Gasteiger partial charge >= 0.3 is 0 Å². The summed E-state index contributed by atoms with van der Waals surface area (Å²) >= 11 is 0. The topological polar surface area (TPSA) is 55.6 Å². The summed E-state index contributed by atoms with van der Waals surface area (Å²) in [4.78, 5) is 11.9. The quantitative estimate of drug-likeness (QED) is 0.658. The average molecular weight is 317 g/mol. The highest BCUT2D eigenvalue weighted by atomic mass is 19.1. The third-order valence-corrected chi connectivity index (χ3v) is 3.61. The van der Waals surface area contributed by atoms with Crippen LogP contribution in [0.3, 0.4) is 0 Å². The van der Waals surface area contributed by atoms with Crippen LogP contribution < -0.4 is 5.43 Å². The van der Waals surface area contributed by atoms with Gasteiger partial charge in [-0.1, -0.05) is 0 Å². The fraction of sp³-hybridized carbons (Fsp3) is 0.294. The van der Waals surface area contributed by atoms with E-state index < -0.39 is 0 Å². The molecular formula is C17H20FN3O2. The SMILES string of the molecule is COCCn1c(C)cc(C=NNC(=O)c2ccc(F)cc2)c1C. The Hall–Kier alpha value is -2.47. The standard InChI is InChI=1S/C17H20FN3O2/c1-12-10-15(13(2)21(12)8-9-23-3)11-19-20-17(22)14-4-6-16(18)7-5-14/h4-7,10-11H,8-9H2,1-3H3,(H,20,22). The van der Waals surface area contributed by atoms with Crippen LogP contribution in [0.1, 0.15) is 27.3 Å². The lowest BCUT2D eigenvalue weighted by Gasteiger charge is -2.08. The van der Waals surface area contributed by atoms with Gasteiger partial charge in [0.05, 0.1) is 12.8 Å². The van der Waals surface area contributed by atoms with Crippen molar-refractivity contribution in [2.24, 2.45) is 5.10 Å². The maximum absolute atomic E-state index is 12.8. The molecule has 23 heavy (non-hydrogen) atoms. The van der Waals surface area contributed by atoms with Gasteiger partial charge in [-0.3, -0.25) is 4.79 Å². The molecule has 6 heteroatoms. The molecule has 0 saturated carbocycles. The summed E-state index contributed by atoms with van der Waals surface area (Å²) in [5.74, 6) is -0.761. The van der Waals surface area contributed by atoms with E-state index in [9.17, 15) is 9.18 Å². The molecule has 0 atom stereocenters. The molecule has 2 rings (SSSR count). The molecule has 0 spiro atoms. The Kier molecular flexibility index (Phi) is 5.65. The van der Waals surface area contributed by atoms with Crippen LogP contribution in [0.5, 0.6) is 0 Å². The maximum atomic E-state index is 12.8. The number of aryl methyl sites for hydroxylation is 1. The van der Waals surface area contributed by atoms with Crippen molar-refractivity contribution in [3.8, 4) is 0 Å². The van der Waals surface area contributed by atoms with E-state index in [0.717, 1.165) is 23.5 Å². The van der Waals surface area contributed by atoms with Gasteiger partial charge in [-0.25, -0.2) is 9.82 Å². The number of halogens is 1. The van der Waals surface area contributed by atoms with Crippen molar-refractivity contribution in [3.05, 3.63) is 58.7 Å². The molecule has 1 amide bonds. The number of hydrogen-bond donors (Lipinski definition) is 1. The number of ether oxygens (including phenoxy) is 1. The predicted octanol–water partition coefficient (Wildman–Crippen LogP) is 2.65. The molecule has 1 aromatic heterocycles. The molecule has 1 N–H and O–H groups in total. The first kappa shape index (κ1) is 16.9. The van der Waals surface area contributed by atoms with Gasteiger partial charge in [0.2, 0.25) is 0 Å². The van der Waals surface area contributed by atoms with E-state index in [1.165, 1.54) is 24.3 Å². The molecule has 2 aromatic rings. The normalized spacial score (nSPS) is 11.1. The summed E-state index contributed by atoms with van der Waals surface area (Å²) in [5.41, 5.74) is 5.88. The van der Waals surface area contributed by atoms with Crippen LogP contribution in [-0.2, 0) is 11.3 Å². The number of nitrogens with zero attached hydrogens (tertiary/aromatic N) is 2. The van der Waals surface area contributed by atoms with Gasteiger partial charge in [-0.15, -0.1) is 0 Å². The smallest absolute Gasteiger partial charge is 0.271 e. The van der Waals surface area contributed by atoms with E-state index in [0.29, 0.717) is 12.2 Å². The molecule has 0 aliphatic carbocycles. The summed E-state index contributed by atoms with van der Waals surface area (Å²) < 4.78 is 20.1. The molecule has 122 valence electrons. The molecule has 0 aliphatic rings. The third kappa shape index (κ3) is 4.26. The lowest BCUT2D eigenvalue weighted by atomic mass is 10.2. The summed E-state index contributed by atoms with van der Waals surface area (Å²) in [7, 11) is 1.67. The Labute approximate surface area is 134 Å². The van der Waals surface area contributed by atoms with Crippen molar-refractivity contribution < 1.29 is 13.9 Å². The highest BCUT2D eigenvalue weighted by molar-refractivity contribution is 5.94. The Morgan fingerprint density at radius 3 is 2.70 bits per heavy atom. The maximum Gasteiger partial charge on any atom is 0.271 e. The molecule has 1 heterocycles. The lowest BCUT2D eigenvalue weighted by molar-refractivity contribution is 0.0955. The van der Waals surface area contributed by atoms with Crippen molar-refractivity contribution in [2.45, 2.75) is 20.4 Å². The van der Waals surface area contributed by atoms with E-state index in [2.05, 4.69) is 15.1 Å². The Morgan fingerprint density at radius 2 is 2.04 bits per heavy atom. The number of methoxy groups -OCH3 is 1. The minimum Gasteiger partial charge on any atom is -0.383 e. The molecule has 0 radical (unpaired) electrons. The van der Waals surface area contributed by atoms with Gasteiger partial charge in [-0.2, -0.15) is 5.10 Å². The van der Waals surface area contributed by atoms with Gasteiger partial charge in [0.1, 0.15) is 5.82 Å². The number of amides is 1. The monoisotopic (exact) mass is 317 g/mol. The minimum absolute atomic E-state index is 0.356. The van der Waals surface area contributed by atoms with E-state index in [1.54, 1.807) is 13.3 Å². The van der Waals surface area contributed by atoms with Gasteiger partial charge in [0.15, 0.2) is 0 Å². The number of hydrazone groups is 1. The van der Waals surface area contributed by atoms with Crippen molar-refractivity contribution >= 4 is 12.1 Å². The first-order chi connectivity index (χ1) is 11.0. The van der Waals surface area contributed by atoms with Crippen LogP contribution in [0.15, 0.2) is 35.4 Å². The molecule has 0 aliphatic heterocycles. The first-order valence-corrected chi connectivity index (χ1v) is 7.27. The summed E-state index contributed by atoms with van der Waals surface area (Å²) in [6.07, 6.45) is 1.60. The second-order valence-corrected chi connectivity index (χ2v) is 5.18.